The van der Waals surface area contributed by atoms with Crippen LogP contribution >= 0.6 is 0 Å². The molecule has 0 bridgehead atoms. The van der Waals surface area contributed by atoms with Crippen molar-refractivity contribution in [2.24, 2.45) is 5.92 Å². The number of nitrogens with zero attached hydrogens (tertiary/aromatic N) is 3. The number of benzene rings is 1. The van der Waals surface area contributed by atoms with E-state index in [9.17, 15) is 0 Å². The van der Waals surface area contributed by atoms with Gasteiger partial charge >= 0.3 is 0 Å². The summed E-state index contributed by atoms with van der Waals surface area (Å²) in [4.78, 5) is 8.97. The minimum atomic E-state index is 0.801. The van der Waals surface area contributed by atoms with Gasteiger partial charge in [-0.25, -0.2) is 9.97 Å². The van der Waals surface area contributed by atoms with Crippen LogP contribution in [0.15, 0.2) is 42.9 Å². The zero-order valence-electron chi connectivity index (χ0n) is 12.5. The van der Waals surface area contributed by atoms with E-state index in [1.807, 2.05) is 36.8 Å². The highest BCUT2D eigenvalue weighted by Crippen LogP contribution is 2.30. The Morgan fingerprint density at radius 1 is 1.32 bits per heavy atom. The first-order valence-electron chi connectivity index (χ1n) is 7.55. The molecule has 0 radical (unpaired) electrons. The van der Waals surface area contributed by atoms with Crippen LogP contribution in [0.4, 0.5) is 5.82 Å². The number of rotatable bonds is 5. The summed E-state index contributed by atoms with van der Waals surface area (Å²) in [6.45, 7) is 0.980. The molecule has 3 aromatic rings. The third-order valence-corrected chi connectivity index (χ3v) is 4.05. The molecule has 2 aromatic heterocycles. The summed E-state index contributed by atoms with van der Waals surface area (Å²) in [6.07, 6.45) is 8.28. The van der Waals surface area contributed by atoms with Gasteiger partial charge in [-0.3, -0.25) is 4.40 Å². The summed E-state index contributed by atoms with van der Waals surface area (Å²) < 4.78 is 7.37. The van der Waals surface area contributed by atoms with E-state index >= 15 is 0 Å². The number of anilines is 1. The van der Waals surface area contributed by atoms with Crippen molar-refractivity contribution in [1.82, 2.24) is 14.4 Å². The Morgan fingerprint density at radius 3 is 3.05 bits per heavy atom. The Labute approximate surface area is 129 Å². The maximum absolute atomic E-state index is 5.31. The van der Waals surface area contributed by atoms with Crippen LogP contribution in [0.2, 0.25) is 0 Å². The molecule has 2 heterocycles. The van der Waals surface area contributed by atoms with Crippen molar-refractivity contribution in [2.75, 3.05) is 19.0 Å². The fourth-order valence-electron chi connectivity index (χ4n) is 2.60. The van der Waals surface area contributed by atoms with Gasteiger partial charge in [0.05, 0.1) is 19.0 Å². The zero-order valence-corrected chi connectivity index (χ0v) is 12.5. The van der Waals surface area contributed by atoms with Crippen molar-refractivity contribution in [3.05, 3.63) is 42.9 Å². The van der Waals surface area contributed by atoms with E-state index in [0.29, 0.717) is 0 Å². The summed E-state index contributed by atoms with van der Waals surface area (Å²) in [5, 5.41) is 3.42. The highest BCUT2D eigenvalue weighted by molar-refractivity contribution is 5.71. The molecule has 112 valence electrons. The van der Waals surface area contributed by atoms with Crippen LogP contribution in [-0.2, 0) is 0 Å². The highest BCUT2D eigenvalue weighted by atomic mass is 16.5. The van der Waals surface area contributed by atoms with Gasteiger partial charge in [0.25, 0.3) is 0 Å². The molecule has 4 rings (SSSR count). The topological polar surface area (TPSA) is 51.5 Å². The van der Waals surface area contributed by atoms with Gasteiger partial charge in [-0.2, -0.15) is 0 Å². The van der Waals surface area contributed by atoms with E-state index in [2.05, 4.69) is 25.8 Å². The second-order valence-corrected chi connectivity index (χ2v) is 5.67. The van der Waals surface area contributed by atoms with Crippen LogP contribution in [0.25, 0.3) is 16.9 Å². The Kier molecular flexibility index (Phi) is 3.18. The lowest BCUT2D eigenvalue weighted by molar-refractivity contribution is 0.415. The highest BCUT2D eigenvalue weighted by Gasteiger charge is 2.21. The van der Waals surface area contributed by atoms with Crippen molar-refractivity contribution in [3.8, 4) is 17.0 Å². The largest absolute Gasteiger partial charge is 0.497 e. The smallest absolute Gasteiger partial charge is 0.180 e. The summed E-state index contributed by atoms with van der Waals surface area (Å²) in [5.74, 6) is 2.49. The number of nitrogens with one attached hydrogen (secondary N) is 1. The van der Waals surface area contributed by atoms with Gasteiger partial charge in [-0.1, -0.05) is 12.1 Å². The maximum Gasteiger partial charge on any atom is 0.180 e. The molecule has 0 atom stereocenters. The van der Waals surface area contributed by atoms with Crippen molar-refractivity contribution in [2.45, 2.75) is 12.8 Å². The van der Waals surface area contributed by atoms with E-state index in [4.69, 9.17) is 4.74 Å². The quantitative estimate of drug-likeness (QED) is 0.785. The Balaban J connectivity index is 1.73. The average Bonchev–Trinajstić information content (AvgIpc) is 3.29. The molecule has 5 heteroatoms. The second-order valence-electron chi connectivity index (χ2n) is 5.67. The number of methoxy groups -OCH3 is 1. The first-order chi connectivity index (χ1) is 10.8. The monoisotopic (exact) mass is 294 g/mol. The van der Waals surface area contributed by atoms with E-state index < -0.39 is 0 Å². The number of hydrogen-bond acceptors (Lipinski definition) is 4. The van der Waals surface area contributed by atoms with Gasteiger partial charge in [0.15, 0.2) is 11.5 Å². The first kappa shape index (κ1) is 13.1. The fraction of sp³-hybridized carbons (Fsp3) is 0.294. The normalized spacial score (nSPS) is 14.2. The molecule has 0 amide bonds. The molecular weight excluding hydrogens is 276 g/mol. The summed E-state index contributed by atoms with van der Waals surface area (Å²) in [5.41, 5.74) is 2.97. The first-order valence-corrected chi connectivity index (χ1v) is 7.55. The van der Waals surface area contributed by atoms with Crippen LogP contribution in [0.3, 0.4) is 0 Å². The molecule has 5 nitrogen and oxygen atoms in total. The molecule has 1 aliphatic carbocycles. The van der Waals surface area contributed by atoms with Crippen molar-refractivity contribution >= 4 is 11.5 Å². The fourth-order valence-corrected chi connectivity index (χ4v) is 2.60. The number of imidazole rings is 1. The van der Waals surface area contributed by atoms with Crippen LogP contribution < -0.4 is 10.1 Å². The number of hydrogen-bond donors (Lipinski definition) is 1. The molecule has 0 spiro atoms. The molecule has 22 heavy (non-hydrogen) atoms. The zero-order chi connectivity index (χ0) is 14.9. The van der Waals surface area contributed by atoms with Crippen molar-refractivity contribution < 1.29 is 4.74 Å². The van der Waals surface area contributed by atoms with Gasteiger partial charge in [0.2, 0.25) is 0 Å². The molecule has 0 aliphatic heterocycles. The SMILES string of the molecule is COc1cccc(-c2cnc3c(NCC4CC4)nccn23)c1. The van der Waals surface area contributed by atoms with Crippen LogP contribution in [0, 0.1) is 5.92 Å². The Hall–Kier alpha value is -2.56. The van der Waals surface area contributed by atoms with E-state index in [1.165, 1.54) is 12.8 Å². The lowest BCUT2D eigenvalue weighted by atomic mass is 10.1. The Morgan fingerprint density at radius 2 is 2.23 bits per heavy atom. The predicted molar refractivity (Wildman–Crippen MR) is 86.2 cm³/mol. The third kappa shape index (κ3) is 2.39. The Bertz CT molecular complexity index is 807. The number of fused-ring (bicyclic) bond motifs is 1. The minimum Gasteiger partial charge on any atom is -0.497 e. The molecule has 1 aliphatic rings. The van der Waals surface area contributed by atoms with Gasteiger partial charge in [0, 0.05) is 24.5 Å². The van der Waals surface area contributed by atoms with E-state index in [1.54, 1.807) is 7.11 Å². The van der Waals surface area contributed by atoms with Gasteiger partial charge in [0.1, 0.15) is 5.75 Å². The summed E-state index contributed by atoms with van der Waals surface area (Å²) in [7, 11) is 1.68. The van der Waals surface area contributed by atoms with E-state index in [0.717, 1.165) is 40.9 Å². The number of ether oxygens (including phenoxy) is 1. The van der Waals surface area contributed by atoms with Crippen LogP contribution in [-0.4, -0.2) is 28.0 Å². The summed E-state index contributed by atoms with van der Waals surface area (Å²) in [6, 6.07) is 8.00. The molecule has 1 saturated carbocycles. The predicted octanol–water partition coefficient (Wildman–Crippen LogP) is 3.23. The lowest BCUT2D eigenvalue weighted by Crippen LogP contribution is -2.06. The molecule has 1 aromatic carbocycles. The van der Waals surface area contributed by atoms with E-state index in [-0.39, 0.29) is 0 Å². The molecule has 1 N–H and O–H groups in total. The standard InChI is InChI=1S/C17H18N4O/c1-22-14-4-2-3-13(9-14)15-11-20-17-16(18-7-8-21(15)17)19-10-12-5-6-12/h2-4,7-9,11-12H,5-6,10H2,1H3,(H,18,19). The number of aromatic nitrogens is 3. The summed E-state index contributed by atoms with van der Waals surface area (Å²) >= 11 is 0. The lowest BCUT2D eigenvalue weighted by Gasteiger charge is -2.07. The second kappa shape index (κ2) is 5.33. The van der Waals surface area contributed by atoms with Gasteiger partial charge < -0.3 is 10.1 Å². The van der Waals surface area contributed by atoms with Crippen LogP contribution in [0.5, 0.6) is 5.75 Å². The average molecular weight is 294 g/mol. The van der Waals surface area contributed by atoms with Gasteiger partial charge in [-0.15, -0.1) is 0 Å². The van der Waals surface area contributed by atoms with Crippen molar-refractivity contribution in [1.29, 1.82) is 0 Å². The van der Waals surface area contributed by atoms with Crippen LogP contribution in [0.1, 0.15) is 12.8 Å². The van der Waals surface area contributed by atoms with Crippen molar-refractivity contribution in [3.63, 3.8) is 0 Å². The minimum absolute atomic E-state index is 0.801. The third-order valence-electron chi connectivity index (χ3n) is 4.05. The molecule has 0 unspecified atom stereocenters. The van der Waals surface area contributed by atoms with Gasteiger partial charge in [-0.05, 0) is 30.9 Å². The maximum atomic E-state index is 5.31. The molecule has 1 fully saturated rings. The molecule has 0 saturated heterocycles. The molecular formula is C17H18N4O.